The summed E-state index contributed by atoms with van der Waals surface area (Å²) in [5.41, 5.74) is 0.590. The average molecular weight is 303 g/mol. The van der Waals surface area contributed by atoms with E-state index in [2.05, 4.69) is 20.8 Å². The van der Waals surface area contributed by atoms with E-state index in [0.717, 1.165) is 5.69 Å². The summed E-state index contributed by atoms with van der Waals surface area (Å²) in [6, 6.07) is 9.15. The molecule has 7 heteroatoms. The van der Waals surface area contributed by atoms with Crippen molar-refractivity contribution in [3.63, 3.8) is 0 Å². The van der Waals surface area contributed by atoms with Gasteiger partial charge in [0.05, 0.1) is 19.3 Å². The number of carbonyl (C=O) groups excluding carboxylic acids is 1. The number of ether oxygens (including phenoxy) is 1. The van der Waals surface area contributed by atoms with Crippen molar-refractivity contribution in [2.75, 3.05) is 7.11 Å². The van der Waals surface area contributed by atoms with Crippen LogP contribution in [0.4, 0.5) is 0 Å². The van der Waals surface area contributed by atoms with Gasteiger partial charge in [-0.15, -0.1) is 5.10 Å². The van der Waals surface area contributed by atoms with Crippen LogP contribution in [0.15, 0.2) is 30.3 Å². The average Bonchev–Trinajstić information content (AvgIpc) is 2.95. The number of tetrazole rings is 1. The summed E-state index contributed by atoms with van der Waals surface area (Å²) in [5.74, 6) is 0.329. The molecule has 0 amide bonds. The van der Waals surface area contributed by atoms with E-state index >= 15 is 0 Å². The SMILES string of the molecule is COC(=O)C(NCc1nnnn1-c1ccccc1)C(C)(C)C. The molecule has 1 atom stereocenters. The molecule has 1 aromatic carbocycles. The second kappa shape index (κ2) is 6.65. The minimum Gasteiger partial charge on any atom is -0.468 e. The number of esters is 1. The fraction of sp³-hybridized carbons (Fsp3) is 0.467. The van der Waals surface area contributed by atoms with Gasteiger partial charge in [0.1, 0.15) is 6.04 Å². The van der Waals surface area contributed by atoms with Crippen LogP contribution in [0.3, 0.4) is 0 Å². The largest absolute Gasteiger partial charge is 0.468 e. The van der Waals surface area contributed by atoms with Crippen LogP contribution in [-0.4, -0.2) is 39.3 Å². The number of nitrogens with zero attached hydrogens (tertiary/aromatic N) is 4. The van der Waals surface area contributed by atoms with Gasteiger partial charge in [0.2, 0.25) is 0 Å². The molecule has 0 spiro atoms. The molecule has 0 radical (unpaired) electrons. The molecule has 1 aromatic heterocycles. The van der Waals surface area contributed by atoms with Gasteiger partial charge in [-0.25, -0.2) is 0 Å². The number of nitrogens with one attached hydrogen (secondary N) is 1. The highest BCUT2D eigenvalue weighted by atomic mass is 16.5. The van der Waals surface area contributed by atoms with Crippen molar-refractivity contribution in [3.8, 4) is 5.69 Å². The summed E-state index contributed by atoms with van der Waals surface area (Å²) in [6.45, 7) is 6.28. The molecule has 0 aliphatic rings. The number of methoxy groups -OCH3 is 1. The van der Waals surface area contributed by atoms with E-state index in [0.29, 0.717) is 12.4 Å². The Morgan fingerprint density at radius 1 is 1.32 bits per heavy atom. The first-order valence-electron chi connectivity index (χ1n) is 7.07. The lowest BCUT2D eigenvalue weighted by Gasteiger charge is -2.28. The van der Waals surface area contributed by atoms with Crippen molar-refractivity contribution in [1.29, 1.82) is 0 Å². The van der Waals surface area contributed by atoms with E-state index in [1.54, 1.807) is 4.68 Å². The van der Waals surface area contributed by atoms with Gasteiger partial charge in [-0.1, -0.05) is 39.0 Å². The van der Waals surface area contributed by atoms with E-state index in [9.17, 15) is 4.79 Å². The van der Waals surface area contributed by atoms with Gasteiger partial charge in [0.15, 0.2) is 5.82 Å². The highest BCUT2D eigenvalue weighted by Gasteiger charge is 2.32. The minimum atomic E-state index is -0.446. The van der Waals surface area contributed by atoms with Gasteiger partial charge in [-0.2, -0.15) is 4.68 Å². The van der Waals surface area contributed by atoms with Crippen LogP contribution in [-0.2, 0) is 16.1 Å². The summed E-state index contributed by atoms with van der Waals surface area (Å²) in [6.07, 6.45) is 0. The molecule has 0 saturated carbocycles. The second-order valence-corrected chi connectivity index (χ2v) is 6.05. The Balaban J connectivity index is 2.15. The van der Waals surface area contributed by atoms with Gasteiger partial charge < -0.3 is 4.74 Å². The molecule has 22 heavy (non-hydrogen) atoms. The standard InChI is InChI=1S/C15H21N5O2/c1-15(2,3)13(14(21)22-4)16-10-12-17-18-19-20(12)11-8-6-5-7-9-11/h5-9,13,16H,10H2,1-4H3. The number of aromatic nitrogens is 4. The molecule has 1 unspecified atom stereocenters. The van der Waals surface area contributed by atoms with Crippen LogP contribution < -0.4 is 5.32 Å². The lowest BCUT2D eigenvalue weighted by atomic mass is 9.87. The normalized spacial score (nSPS) is 12.9. The first-order valence-corrected chi connectivity index (χ1v) is 7.07. The topological polar surface area (TPSA) is 81.9 Å². The minimum absolute atomic E-state index is 0.280. The van der Waals surface area contributed by atoms with E-state index in [4.69, 9.17) is 4.74 Å². The monoisotopic (exact) mass is 303 g/mol. The molecule has 0 saturated heterocycles. The summed E-state index contributed by atoms with van der Waals surface area (Å²) >= 11 is 0. The molecule has 2 rings (SSSR count). The highest BCUT2D eigenvalue weighted by Crippen LogP contribution is 2.20. The summed E-state index contributed by atoms with van der Waals surface area (Å²) in [7, 11) is 1.39. The van der Waals surface area contributed by atoms with Crippen LogP contribution >= 0.6 is 0 Å². The maximum atomic E-state index is 11.9. The quantitative estimate of drug-likeness (QED) is 0.839. The van der Waals surface area contributed by atoms with Crippen molar-refractivity contribution >= 4 is 5.97 Å². The van der Waals surface area contributed by atoms with Crippen molar-refractivity contribution in [3.05, 3.63) is 36.2 Å². The number of para-hydroxylation sites is 1. The Morgan fingerprint density at radius 2 is 2.00 bits per heavy atom. The van der Waals surface area contributed by atoms with Crippen molar-refractivity contribution in [2.45, 2.75) is 33.4 Å². The zero-order valence-corrected chi connectivity index (χ0v) is 13.3. The predicted molar refractivity (Wildman–Crippen MR) is 81.3 cm³/mol. The number of rotatable bonds is 5. The third-order valence-corrected chi connectivity index (χ3v) is 3.30. The third kappa shape index (κ3) is 3.67. The zero-order valence-electron chi connectivity index (χ0n) is 13.3. The smallest absolute Gasteiger partial charge is 0.323 e. The van der Waals surface area contributed by atoms with Crippen LogP contribution in [0.2, 0.25) is 0 Å². The van der Waals surface area contributed by atoms with E-state index in [1.807, 2.05) is 51.1 Å². The van der Waals surface area contributed by atoms with Gasteiger partial charge in [-0.3, -0.25) is 10.1 Å². The summed E-state index contributed by atoms with van der Waals surface area (Å²) in [4.78, 5) is 11.9. The Kier molecular flexibility index (Phi) is 4.87. The van der Waals surface area contributed by atoms with Gasteiger partial charge in [0.25, 0.3) is 0 Å². The molecule has 7 nitrogen and oxygen atoms in total. The molecule has 0 aliphatic carbocycles. The first kappa shape index (κ1) is 16.1. The second-order valence-electron chi connectivity index (χ2n) is 6.05. The number of hydrogen-bond acceptors (Lipinski definition) is 6. The Labute approximate surface area is 129 Å². The molecule has 0 aliphatic heterocycles. The zero-order chi connectivity index (χ0) is 16.2. The predicted octanol–water partition coefficient (Wildman–Crippen LogP) is 1.34. The maximum absolute atomic E-state index is 11.9. The molecular formula is C15H21N5O2. The lowest BCUT2D eigenvalue weighted by molar-refractivity contribution is -0.146. The van der Waals surface area contributed by atoms with E-state index in [-0.39, 0.29) is 11.4 Å². The summed E-state index contributed by atoms with van der Waals surface area (Å²) < 4.78 is 6.51. The first-order chi connectivity index (χ1) is 10.4. The van der Waals surface area contributed by atoms with Gasteiger partial charge in [0, 0.05) is 0 Å². The van der Waals surface area contributed by atoms with Crippen LogP contribution in [0.5, 0.6) is 0 Å². The Hall–Kier alpha value is -2.28. The molecule has 118 valence electrons. The molecule has 1 N–H and O–H groups in total. The number of carbonyl (C=O) groups is 1. The number of benzene rings is 1. The van der Waals surface area contributed by atoms with Crippen molar-refractivity contribution in [2.24, 2.45) is 5.41 Å². The van der Waals surface area contributed by atoms with Gasteiger partial charge in [-0.05, 0) is 28.0 Å². The Bertz CT molecular complexity index is 618. The lowest BCUT2D eigenvalue weighted by Crippen LogP contribution is -2.47. The highest BCUT2D eigenvalue weighted by molar-refractivity contribution is 5.76. The van der Waals surface area contributed by atoms with Gasteiger partial charge >= 0.3 is 5.97 Å². The van der Waals surface area contributed by atoms with E-state index in [1.165, 1.54) is 7.11 Å². The molecule has 0 fully saturated rings. The molecule has 0 bridgehead atoms. The maximum Gasteiger partial charge on any atom is 0.323 e. The third-order valence-electron chi connectivity index (χ3n) is 3.30. The fourth-order valence-corrected chi connectivity index (χ4v) is 2.14. The number of hydrogen-bond donors (Lipinski definition) is 1. The van der Waals surface area contributed by atoms with Crippen LogP contribution in [0, 0.1) is 5.41 Å². The Morgan fingerprint density at radius 3 is 2.59 bits per heavy atom. The fourth-order valence-electron chi connectivity index (χ4n) is 2.14. The van der Waals surface area contributed by atoms with Crippen molar-refractivity contribution < 1.29 is 9.53 Å². The van der Waals surface area contributed by atoms with Crippen LogP contribution in [0.25, 0.3) is 5.69 Å². The van der Waals surface area contributed by atoms with Crippen molar-refractivity contribution in [1.82, 2.24) is 25.5 Å². The summed E-state index contributed by atoms with van der Waals surface area (Å²) in [5, 5.41) is 14.9. The molecular weight excluding hydrogens is 282 g/mol. The van der Waals surface area contributed by atoms with Crippen LogP contribution in [0.1, 0.15) is 26.6 Å². The molecule has 2 aromatic rings. The molecule has 1 heterocycles. The van der Waals surface area contributed by atoms with E-state index < -0.39 is 6.04 Å².